The normalized spacial score (nSPS) is 15.5. The Kier molecular flexibility index (Phi) is 4.29. The van der Waals surface area contributed by atoms with Crippen molar-refractivity contribution in [1.82, 2.24) is 15.2 Å². The van der Waals surface area contributed by atoms with Gasteiger partial charge in [0, 0.05) is 38.2 Å². The summed E-state index contributed by atoms with van der Waals surface area (Å²) in [7, 11) is 0. The molecule has 0 spiro atoms. The summed E-state index contributed by atoms with van der Waals surface area (Å²) in [6, 6.07) is 5.46. The van der Waals surface area contributed by atoms with E-state index >= 15 is 0 Å². The molecule has 0 radical (unpaired) electrons. The van der Waals surface area contributed by atoms with Crippen LogP contribution < -0.4 is 10.1 Å². The maximum absolute atomic E-state index is 12.1. The molecular formula is C16H21N3O3. The van der Waals surface area contributed by atoms with Crippen molar-refractivity contribution in [1.29, 1.82) is 0 Å². The topological polar surface area (TPSA) is 67.6 Å². The highest BCUT2D eigenvalue weighted by atomic mass is 16.5. The van der Waals surface area contributed by atoms with Crippen LogP contribution in [0.15, 0.2) is 22.6 Å². The highest BCUT2D eigenvalue weighted by Gasteiger charge is 2.17. The summed E-state index contributed by atoms with van der Waals surface area (Å²) in [6.45, 7) is 7.29. The SMILES string of the molecule is CC(C)c1nc2cc(OCC(=O)N3CCNCC3)ccc2o1. The Morgan fingerprint density at radius 2 is 2.18 bits per heavy atom. The number of ether oxygens (including phenoxy) is 1. The van der Waals surface area contributed by atoms with E-state index in [1.54, 1.807) is 0 Å². The lowest BCUT2D eigenvalue weighted by molar-refractivity contribution is -0.133. The quantitative estimate of drug-likeness (QED) is 0.932. The molecule has 2 heterocycles. The molecule has 1 aromatic carbocycles. The third-order valence-corrected chi connectivity index (χ3v) is 3.70. The fourth-order valence-corrected chi connectivity index (χ4v) is 2.41. The van der Waals surface area contributed by atoms with Crippen LogP contribution in [0.3, 0.4) is 0 Å². The lowest BCUT2D eigenvalue weighted by Gasteiger charge is -2.27. The first-order chi connectivity index (χ1) is 10.6. The Morgan fingerprint density at radius 1 is 1.41 bits per heavy atom. The van der Waals surface area contributed by atoms with Crippen LogP contribution in [0.1, 0.15) is 25.7 Å². The van der Waals surface area contributed by atoms with Crippen molar-refractivity contribution < 1.29 is 13.9 Å². The maximum atomic E-state index is 12.1. The molecule has 118 valence electrons. The maximum Gasteiger partial charge on any atom is 0.260 e. The number of amides is 1. The lowest BCUT2D eigenvalue weighted by atomic mass is 10.2. The molecule has 3 rings (SSSR count). The van der Waals surface area contributed by atoms with Gasteiger partial charge in [-0.2, -0.15) is 0 Å². The molecule has 1 aliphatic rings. The van der Waals surface area contributed by atoms with E-state index in [4.69, 9.17) is 9.15 Å². The van der Waals surface area contributed by atoms with Crippen molar-refractivity contribution in [2.45, 2.75) is 19.8 Å². The fraction of sp³-hybridized carbons (Fsp3) is 0.500. The van der Waals surface area contributed by atoms with Gasteiger partial charge in [0.05, 0.1) is 0 Å². The summed E-state index contributed by atoms with van der Waals surface area (Å²) in [5.74, 6) is 1.61. The highest BCUT2D eigenvalue weighted by molar-refractivity contribution is 5.78. The number of carbonyl (C=O) groups excluding carboxylic acids is 1. The summed E-state index contributed by atoms with van der Waals surface area (Å²) in [5.41, 5.74) is 1.50. The molecule has 1 saturated heterocycles. The van der Waals surface area contributed by atoms with E-state index in [9.17, 15) is 4.79 Å². The number of nitrogens with zero attached hydrogens (tertiary/aromatic N) is 2. The molecule has 0 aliphatic carbocycles. The van der Waals surface area contributed by atoms with E-state index in [2.05, 4.69) is 10.3 Å². The molecular weight excluding hydrogens is 282 g/mol. The number of aromatic nitrogens is 1. The van der Waals surface area contributed by atoms with Gasteiger partial charge in [-0.1, -0.05) is 13.8 Å². The number of carbonyl (C=O) groups is 1. The molecule has 1 amide bonds. The highest BCUT2D eigenvalue weighted by Crippen LogP contribution is 2.24. The van der Waals surface area contributed by atoms with Crippen LogP contribution in [0.25, 0.3) is 11.1 Å². The number of piperazine rings is 1. The number of fused-ring (bicyclic) bond motifs is 1. The van der Waals surface area contributed by atoms with Gasteiger partial charge in [-0.15, -0.1) is 0 Å². The van der Waals surface area contributed by atoms with Gasteiger partial charge >= 0.3 is 0 Å². The minimum absolute atomic E-state index is 0.0182. The fourth-order valence-electron chi connectivity index (χ4n) is 2.41. The van der Waals surface area contributed by atoms with Gasteiger partial charge in [-0.3, -0.25) is 4.79 Å². The standard InChI is InChI=1S/C16H21N3O3/c1-11(2)16-18-13-9-12(3-4-14(13)22-16)21-10-15(20)19-7-5-17-6-8-19/h3-4,9,11,17H,5-8,10H2,1-2H3. The predicted octanol–water partition coefficient (Wildman–Crippen LogP) is 1.76. The van der Waals surface area contributed by atoms with Crippen molar-refractivity contribution >= 4 is 17.0 Å². The van der Waals surface area contributed by atoms with Crippen molar-refractivity contribution in [3.05, 3.63) is 24.1 Å². The van der Waals surface area contributed by atoms with Crippen molar-refractivity contribution in [2.24, 2.45) is 0 Å². The van der Waals surface area contributed by atoms with Gasteiger partial charge in [0.25, 0.3) is 5.91 Å². The van der Waals surface area contributed by atoms with Gasteiger partial charge in [0.1, 0.15) is 11.3 Å². The second-order valence-electron chi connectivity index (χ2n) is 5.76. The Morgan fingerprint density at radius 3 is 2.91 bits per heavy atom. The Labute approximate surface area is 129 Å². The number of oxazole rings is 1. The van der Waals surface area contributed by atoms with Gasteiger partial charge in [-0.25, -0.2) is 4.98 Å². The molecule has 1 fully saturated rings. The molecule has 0 bridgehead atoms. The number of benzene rings is 1. The number of nitrogens with one attached hydrogen (secondary N) is 1. The third-order valence-electron chi connectivity index (χ3n) is 3.70. The molecule has 1 aliphatic heterocycles. The third kappa shape index (κ3) is 3.22. The molecule has 0 unspecified atom stereocenters. The Bertz CT molecular complexity index is 660. The molecule has 22 heavy (non-hydrogen) atoms. The predicted molar refractivity (Wildman–Crippen MR) is 83.0 cm³/mol. The van der Waals surface area contributed by atoms with Gasteiger partial charge in [0.15, 0.2) is 18.1 Å². The van der Waals surface area contributed by atoms with Crippen molar-refractivity contribution in [3.8, 4) is 5.75 Å². The first-order valence-corrected chi connectivity index (χ1v) is 7.65. The minimum atomic E-state index is 0.0182. The summed E-state index contributed by atoms with van der Waals surface area (Å²) < 4.78 is 11.3. The second-order valence-corrected chi connectivity index (χ2v) is 5.76. The van der Waals surface area contributed by atoms with Crippen LogP contribution >= 0.6 is 0 Å². The zero-order valence-electron chi connectivity index (χ0n) is 13.0. The van der Waals surface area contributed by atoms with Gasteiger partial charge < -0.3 is 19.4 Å². The summed E-state index contributed by atoms with van der Waals surface area (Å²) >= 11 is 0. The van der Waals surface area contributed by atoms with E-state index in [1.807, 2.05) is 36.9 Å². The van der Waals surface area contributed by atoms with E-state index in [0.717, 1.165) is 37.3 Å². The molecule has 0 saturated carbocycles. The average molecular weight is 303 g/mol. The molecule has 1 aromatic heterocycles. The first-order valence-electron chi connectivity index (χ1n) is 7.65. The number of hydrogen-bond acceptors (Lipinski definition) is 5. The number of rotatable bonds is 4. The average Bonchev–Trinajstić information content (AvgIpc) is 2.97. The first kappa shape index (κ1) is 14.8. The molecule has 1 N–H and O–H groups in total. The largest absolute Gasteiger partial charge is 0.484 e. The van der Waals surface area contributed by atoms with E-state index in [-0.39, 0.29) is 18.4 Å². The van der Waals surface area contributed by atoms with Crippen molar-refractivity contribution in [2.75, 3.05) is 32.8 Å². The van der Waals surface area contributed by atoms with Gasteiger partial charge in [0.2, 0.25) is 0 Å². The summed E-state index contributed by atoms with van der Waals surface area (Å²) in [6.07, 6.45) is 0. The van der Waals surface area contributed by atoms with E-state index < -0.39 is 0 Å². The van der Waals surface area contributed by atoms with E-state index in [0.29, 0.717) is 11.6 Å². The molecule has 6 heteroatoms. The van der Waals surface area contributed by atoms with Crippen LogP contribution in [0, 0.1) is 0 Å². The smallest absolute Gasteiger partial charge is 0.260 e. The van der Waals surface area contributed by atoms with Crippen LogP contribution in [0.2, 0.25) is 0 Å². The van der Waals surface area contributed by atoms with Crippen LogP contribution in [0.4, 0.5) is 0 Å². The van der Waals surface area contributed by atoms with Crippen LogP contribution in [-0.4, -0.2) is 48.6 Å². The van der Waals surface area contributed by atoms with Crippen LogP contribution in [0.5, 0.6) is 5.75 Å². The monoisotopic (exact) mass is 303 g/mol. The number of hydrogen-bond donors (Lipinski definition) is 1. The van der Waals surface area contributed by atoms with E-state index in [1.165, 1.54) is 0 Å². The van der Waals surface area contributed by atoms with Gasteiger partial charge in [-0.05, 0) is 12.1 Å². The van der Waals surface area contributed by atoms with Crippen molar-refractivity contribution in [3.63, 3.8) is 0 Å². The molecule has 0 atom stereocenters. The Balaban J connectivity index is 1.64. The minimum Gasteiger partial charge on any atom is -0.484 e. The lowest BCUT2D eigenvalue weighted by Crippen LogP contribution is -2.47. The summed E-state index contributed by atoms with van der Waals surface area (Å²) in [4.78, 5) is 18.3. The second kappa shape index (κ2) is 6.36. The Hall–Kier alpha value is -2.08. The molecule has 2 aromatic rings. The zero-order chi connectivity index (χ0) is 15.5. The van der Waals surface area contributed by atoms with Crippen LogP contribution in [-0.2, 0) is 4.79 Å². The summed E-state index contributed by atoms with van der Waals surface area (Å²) in [5, 5.41) is 3.22. The molecule has 6 nitrogen and oxygen atoms in total. The zero-order valence-corrected chi connectivity index (χ0v) is 13.0.